The van der Waals surface area contributed by atoms with Crippen LogP contribution < -0.4 is 0 Å². The first kappa shape index (κ1) is 18.1. The molecule has 3 rings (SSSR count). The van der Waals surface area contributed by atoms with Crippen molar-refractivity contribution in [2.24, 2.45) is 0 Å². The van der Waals surface area contributed by atoms with Gasteiger partial charge in [0.05, 0.1) is 17.2 Å². The van der Waals surface area contributed by atoms with Gasteiger partial charge in [0.15, 0.2) is 0 Å². The molecule has 0 bridgehead atoms. The van der Waals surface area contributed by atoms with E-state index in [4.69, 9.17) is 0 Å². The van der Waals surface area contributed by atoms with Crippen molar-refractivity contribution < 1.29 is 9.59 Å². The van der Waals surface area contributed by atoms with Crippen molar-refractivity contribution >= 4 is 29.2 Å². The Morgan fingerprint density at radius 1 is 1.08 bits per heavy atom. The van der Waals surface area contributed by atoms with Crippen molar-refractivity contribution in [1.29, 1.82) is 0 Å². The Labute approximate surface area is 153 Å². The van der Waals surface area contributed by atoms with Gasteiger partial charge < -0.3 is 9.80 Å². The van der Waals surface area contributed by atoms with Crippen LogP contribution in [0.2, 0.25) is 0 Å². The van der Waals surface area contributed by atoms with Crippen molar-refractivity contribution in [3.63, 3.8) is 0 Å². The molecule has 3 heterocycles. The molecule has 136 valence electrons. The van der Waals surface area contributed by atoms with Crippen LogP contribution in [0.15, 0.2) is 11.5 Å². The molecule has 0 aliphatic carbocycles. The number of hydrogen-bond acceptors (Lipinski definition) is 5. The fraction of sp³-hybridized carbons (Fsp3) is 0.611. The number of carbonyl (C=O) groups excluding carboxylic acids is 2. The quantitative estimate of drug-likeness (QED) is 0.764. The summed E-state index contributed by atoms with van der Waals surface area (Å²) in [5.74, 6) is 0.255. The molecule has 0 spiro atoms. The summed E-state index contributed by atoms with van der Waals surface area (Å²) in [5.41, 5.74) is 0.835. The summed E-state index contributed by atoms with van der Waals surface area (Å²) in [4.78, 5) is 34.9. The lowest BCUT2D eigenvalue weighted by molar-refractivity contribution is -0.134. The fourth-order valence-corrected chi connectivity index (χ4v) is 3.86. The molecule has 2 amide bonds. The molecule has 0 aromatic carbocycles. The van der Waals surface area contributed by atoms with Crippen LogP contribution in [0.5, 0.6) is 0 Å². The van der Waals surface area contributed by atoms with Gasteiger partial charge in [0.2, 0.25) is 11.8 Å². The van der Waals surface area contributed by atoms with Crippen molar-refractivity contribution in [2.45, 2.75) is 26.2 Å². The average Bonchev–Trinajstić information content (AvgIpc) is 3.06. The van der Waals surface area contributed by atoms with Crippen LogP contribution in [0, 0.1) is 6.92 Å². The minimum absolute atomic E-state index is 0.0210. The summed E-state index contributed by atoms with van der Waals surface area (Å²) in [6.07, 6.45) is 6.86. The fourth-order valence-electron chi connectivity index (χ4n) is 3.28. The van der Waals surface area contributed by atoms with Crippen LogP contribution in [-0.2, 0) is 9.59 Å². The number of piperidine rings is 1. The van der Waals surface area contributed by atoms with Gasteiger partial charge in [-0.2, -0.15) is 0 Å². The van der Waals surface area contributed by atoms with Gasteiger partial charge in [0.25, 0.3) is 0 Å². The number of aryl methyl sites for hydroxylation is 1. The van der Waals surface area contributed by atoms with Crippen LogP contribution in [-0.4, -0.2) is 77.3 Å². The lowest BCUT2D eigenvalue weighted by Crippen LogP contribution is -2.51. The van der Waals surface area contributed by atoms with E-state index in [2.05, 4.69) is 9.88 Å². The highest BCUT2D eigenvalue weighted by molar-refractivity contribution is 7.09. The highest BCUT2D eigenvalue weighted by Gasteiger charge is 2.24. The van der Waals surface area contributed by atoms with E-state index >= 15 is 0 Å². The predicted molar refractivity (Wildman–Crippen MR) is 99.3 cm³/mol. The normalized spacial score (nSPS) is 19.6. The molecule has 0 N–H and O–H groups in total. The van der Waals surface area contributed by atoms with Crippen molar-refractivity contribution in [3.8, 4) is 0 Å². The van der Waals surface area contributed by atoms with Gasteiger partial charge in [-0.05, 0) is 32.3 Å². The number of likely N-dealkylation sites (tertiary alicyclic amines) is 1. The first-order valence-corrected chi connectivity index (χ1v) is 9.89. The topological polar surface area (TPSA) is 56.8 Å². The lowest BCUT2D eigenvalue weighted by atomic mass is 10.1. The first-order chi connectivity index (χ1) is 12.1. The monoisotopic (exact) mass is 362 g/mol. The van der Waals surface area contributed by atoms with Gasteiger partial charge >= 0.3 is 0 Å². The minimum atomic E-state index is 0.0210. The number of piperazine rings is 1. The standard InChI is InChI=1S/C18H26N4O2S/c1-15-19-16(14-25-15)5-6-17(23)22-11-9-20(10-12-22)13-18(24)21-7-3-2-4-8-21/h5-6,14H,2-4,7-13H2,1H3/b6-5+. The summed E-state index contributed by atoms with van der Waals surface area (Å²) >= 11 is 1.58. The number of hydrogen-bond donors (Lipinski definition) is 0. The summed E-state index contributed by atoms with van der Waals surface area (Å²) in [7, 11) is 0. The maximum atomic E-state index is 12.3. The molecule has 0 radical (unpaired) electrons. The molecule has 2 aliphatic heterocycles. The van der Waals surface area contributed by atoms with E-state index in [9.17, 15) is 9.59 Å². The van der Waals surface area contributed by atoms with Crippen LogP contribution >= 0.6 is 11.3 Å². The van der Waals surface area contributed by atoms with E-state index < -0.39 is 0 Å². The van der Waals surface area contributed by atoms with E-state index in [0.29, 0.717) is 19.6 Å². The van der Waals surface area contributed by atoms with Crippen molar-refractivity contribution in [1.82, 2.24) is 19.7 Å². The van der Waals surface area contributed by atoms with Gasteiger partial charge in [-0.1, -0.05) is 0 Å². The van der Waals surface area contributed by atoms with Crippen molar-refractivity contribution in [3.05, 3.63) is 22.2 Å². The van der Waals surface area contributed by atoms with E-state index in [1.54, 1.807) is 23.5 Å². The summed E-state index contributed by atoms with van der Waals surface area (Å²) in [6.45, 7) is 7.10. The molecule has 2 saturated heterocycles. The predicted octanol–water partition coefficient (Wildman–Crippen LogP) is 1.62. The van der Waals surface area contributed by atoms with Gasteiger partial charge in [-0.3, -0.25) is 14.5 Å². The number of nitrogens with zero attached hydrogens (tertiary/aromatic N) is 4. The van der Waals surface area contributed by atoms with Crippen LogP contribution in [0.3, 0.4) is 0 Å². The Morgan fingerprint density at radius 3 is 2.44 bits per heavy atom. The molecule has 0 unspecified atom stereocenters. The molecule has 25 heavy (non-hydrogen) atoms. The SMILES string of the molecule is Cc1nc(/C=C/C(=O)N2CCN(CC(=O)N3CCCCC3)CC2)cs1. The van der Waals surface area contributed by atoms with E-state index in [1.807, 2.05) is 22.1 Å². The second kappa shape index (κ2) is 8.58. The lowest BCUT2D eigenvalue weighted by Gasteiger charge is -2.35. The summed E-state index contributed by atoms with van der Waals surface area (Å²) in [6, 6.07) is 0. The minimum Gasteiger partial charge on any atom is -0.342 e. The zero-order valence-electron chi connectivity index (χ0n) is 14.8. The van der Waals surface area contributed by atoms with E-state index in [1.165, 1.54) is 6.42 Å². The first-order valence-electron chi connectivity index (χ1n) is 9.01. The van der Waals surface area contributed by atoms with Crippen LogP contribution in [0.1, 0.15) is 30.0 Å². The molecule has 6 nitrogen and oxygen atoms in total. The van der Waals surface area contributed by atoms with Gasteiger partial charge in [0.1, 0.15) is 0 Å². The maximum Gasteiger partial charge on any atom is 0.246 e. The Morgan fingerprint density at radius 2 is 1.80 bits per heavy atom. The Bertz CT molecular complexity index is 629. The highest BCUT2D eigenvalue weighted by atomic mass is 32.1. The number of carbonyl (C=O) groups is 2. The number of thiazole rings is 1. The third-order valence-electron chi connectivity index (χ3n) is 4.79. The van der Waals surface area contributed by atoms with E-state index in [0.717, 1.165) is 49.7 Å². The highest BCUT2D eigenvalue weighted by Crippen LogP contribution is 2.12. The Balaban J connectivity index is 1.42. The average molecular weight is 362 g/mol. The summed E-state index contributed by atoms with van der Waals surface area (Å²) < 4.78 is 0. The molecule has 1 aromatic heterocycles. The largest absolute Gasteiger partial charge is 0.342 e. The third-order valence-corrected chi connectivity index (χ3v) is 5.58. The van der Waals surface area contributed by atoms with Gasteiger partial charge in [-0.25, -0.2) is 4.98 Å². The number of aromatic nitrogens is 1. The molecule has 7 heteroatoms. The molecular formula is C18H26N4O2S. The molecule has 0 saturated carbocycles. The molecule has 1 aromatic rings. The number of rotatable bonds is 4. The van der Waals surface area contributed by atoms with Crippen LogP contribution in [0.4, 0.5) is 0 Å². The second-order valence-electron chi connectivity index (χ2n) is 6.67. The third kappa shape index (κ3) is 5.12. The van der Waals surface area contributed by atoms with Gasteiger partial charge in [-0.15, -0.1) is 11.3 Å². The Hall–Kier alpha value is -1.73. The van der Waals surface area contributed by atoms with Crippen LogP contribution in [0.25, 0.3) is 6.08 Å². The van der Waals surface area contributed by atoms with Crippen molar-refractivity contribution in [2.75, 3.05) is 45.8 Å². The van der Waals surface area contributed by atoms with Gasteiger partial charge in [0, 0.05) is 50.7 Å². The van der Waals surface area contributed by atoms with E-state index in [-0.39, 0.29) is 11.8 Å². The molecule has 0 atom stereocenters. The molecular weight excluding hydrogens is 336 g/mol. The smallest absolute Gasteiger partial charge is 0.246 e. The maximum absolute atomic E-state index is 12.3. The second-order valence-corrected chi connectivity index (χ2v) is 7.73. The number of amides is 2. The summed E-state index contributed by atoms with van der Waals surface area (Å²) in [5, 5.41) is 2.95. The zero-order chi connectivity index (χ0) is 17.6. The molecule has 2 aliphatic rings. The Kier molecular flexibility index (Phi) is 6.20. The zero-order valence-corrected chi connectivity index (χ0v) is 15.6. The molecule has 2 fully saturated rings.